The Morgan fingerprint density at radius 1 is 1.37 bits per heavy atom. The van der Waals surface area contributed by atoms with E-state index in [2.05, 4.69) is 10.3 Å². The number of carboxylic acid groups (broad SMARTS) is 1. The molecule has 0 aliphatic heterocycles. The molecule has 1 aromatic carbocycles. The SMILES string of the molecule is COc1ccc(Nc2ncccc2C(=O)O)c(C)c1. The number of hydrogen-bond donors (Lipinski definition) is 2. The number of aryl methyl sites for hydroxylation is 1. The van der Waals surface area contributed by atoms with Crippen LogP contribution in [-0.2, 0) is 0 Å². The van der Waals surface area contributed by atoms with Crippen LogP contribution in [-0.4, -0.2) is 23.2 Å². The van der Waals surface area contributed by atoms with E-state index >= 15 is 0 Å². The number of anilines is 2. The Bertz CT molecular complexity index is 611. The second kappa shape index (κ2) is 5.39. The van der Waals surface area contributed by atoms with Gasteiger partial charge in [-0.05, 0) is 42.8 Å². The Labute approximate surface area is 110 Å². The third kappa shape index (κ3) is 2.82. The number of aromatic carboxylic acids is 1. The van der Waals surface area contributed by atoms with Crippen molar-refractivity contribution in [2.45, 2.75) is 6.92 Å². The first-order valence-corrected chi connectivity index (χ1v) is 5.72. The molecule has 0 fully saturated rings. The summed E-state index contributed by atoms with van der Waals surface area (Å²) in [5, 5.41) is 12.1. The van der Waals surface area contributed by atoms with Gasteiger partial charge in [0.1, 0.15) is 17.1 Å². The number of carbonyl (C=O) groups is 1. The topological polar surface area (TPSA) is 71.5 Å². The molecular weight excluding hydrogens is 244 g/mol. The fraction of sp³-hybridized carbons (Fsp3) is 0.143. The van der Waals surface area contributed by atoms with E-state index < -0.39 is 5.97 Å². The largest absolute Gasteiger partial charge is 0.497 e. The number of carboxylic acids is 1. The molecule has 0 atom stereocenters. The van der Waals surface area contributed by atoms with E-state index in [0.29, 0.717) is 5.82 Å². The lowest BCUT2D eigenvalue weighted by atomic mass is 10.1. The minimum absolute atomic E-state index is 0.137. The lowest BCUT2D eigenvalue weighted by Gasteiger charge is -2.11. The summed E-state index contributed by atoms with van der Waals surface area (Å²) in [7, 11) is 1.60. The van der Waals surface area contributed by atoms with Gasteiger partial charge in [-0.1, -0.05) is 0 Å². The van der Waals surface area contributed by atoms with Gasteiger partial charge < -0.3 is 15.2 Å². The van der Waals surface area contributed by atoms with Crippen molar-refractivity contribution in [3.8, 4) is 5.75 Å². The molecule has 0 saturated heterocycles. The first-order chi connectivity index (χ1) is 9.11. The summed E-state index contributed by atoms with van der Waals surface area (Å²) in [4.78, 5) is 15.2. The minimum Gasteiger partial charge on any atom is -0.497 e. The predicted octanol–water partition coefficient (Wildman–Crippen LogP) is 2.84. The second-order valence-corrected chi connectivity index (χ2v) is 4.01. The highest BCUT2D eigenvalue weighted by molar-refractivity contribution is 5.94. The van der Waals surface area contributed by atoms with Crippen LogP contribution in [0.5, 0.6) is 5.75 Å². The summed E-state index contributed by atoms with van der Waals surface area (Å²) in [5.74, 6) is 0.0626. The molecule has 98 valence electrons. The van der Waals surface area contributed by atoms with Crippen molar-refractivity contribution < 1.29 is 14.6 Å². The first kappa shape index (κ1) is 12.9. The van der Waals surface area contributed by atoms with Crippen LogP contribution in [0.15, 0.2) is 36.5 Å². The van der Waals surface area contributed by atoms with Crippen LogP contribution < -0.4 is 10.1 Å². The number of nitrogens with one attached hydrogen (secondary N) is 1. The quantitative estimate of drug-likeness (QED) is 0.882. The van der Waals surface area contributed by atoms with Crippen LogP contribution in [0, 0.1) is 6.92 Å². The number of aromatic nitrogens is 1. The molecular formula is C14H14N2O3. The average Bonchev–Trinajstić information content (AvgIpc) is 2.41. The van der Waals surface area contributed by atoms with E-state index in [9.17, 15) is 4.79 Å². The molecule has 5 heteroatoms. The normalized spacial score (nSPS) is 10.0. The van der Waals surface area contributed by atoms with E-state index in [-0.39, 0.29) is 5.56 Å². The summed E-state index contributed by atoms with van der Waals surface area (Å²) in [6.45, 7) is 1.91. The minimum atomic E-state index is -1.01. The molecule has 0 aliphatic rings. The maximum absolute atomic E-state index is 11.1. The molecule has 0 amide bonds. The van der Waals surface area contributed by atoms with Gasteiger partial charge in [-0.15, -0.1) is 0 Å². The fourth-order valence-electron chi connectivity index (χ4n) is 1.71. The van der Waals surface area contributed by atoms with Crippen molar-refractivity contribution in [2.24, 2.45) is 0 Å². The van der Waals surface area contributed by atoms with Crippen LogP contribution in [0.1, 0.15) is 15.9 Å². The number of rotatable bonds is 4. The van der Waals surface area contributed by atoms with Gasteiger partial charge in [0.05, 0.1) is 7.11 Å². The van der Waals surface area contributed by atoms with Gasteiger partial charge in [0, 0.05) is 11.9 Å². The Hall–Kier alpha value is -2.56. The Balaban J connectivity index is 2.34. The molecule has 1 heterocycles. The molecule has 0 spiro atoms. The van der Waals surface area contributed by atoms with Crippen molar-refractivity contribution in [3.05, 3.63) is 47.7 Å². The van der Waals surface area contributed by atoms with Crippen LogP contribution in [0.4, 0.5) is 11.5 Å². The first-order valence-electron chi connectivity index (χ1n) is 5.72. The zero-order valence-corrected chi connectivity index (χ0v) is 10.7. The Morgan fingerprint density at radius 2 is 2.16 bits per heavy atom. The van der Waals surface area contributed by atoms with E-state index in [1.165, 1.54) is 6.07 Å². The smallest absolute Gasteiger partial charge is 0.339 e. The average molecular weight is 258 g/mol. The molecule has 0 radical (unpaired) electrons. The van der Waals surface area contributed by atoms with E-state index in [1.54, 1.807) is 25.4 Å². The summed E-state index contributed by atoms with van der Waals surface area (Å²) in [6.07, 6.45) is 1.55. The highest BCUT2D eigenvalue weighted by Gasteiger charge is 2.11. The number of ether oxygens (including phenoxy) is 1. The van der Waals surface area contributed by atoms with Crippen LogP contribution in [0.2, 0.25) is 0 Å². The summed E-state index contributed by atoms with van der Waals surface area (Å²) in [6, 6.07) is 8.60. The molecule has 0 unspecified atom stereocenters. The van der Waals surface area contributed by atoms with Gasteiger partial charge in [-0.25, -0.2) is 9.78 Å². The molecule has 0 bridgehead atoms. The number of benzene rings is 1. The van der Waals surface area contributed by atoms with Crippen molar-refractivity contribution in [3.63, 3.8) is 0 Å². The second-order valence-electron chi connectivity index (χ2n) is 4.01. The summed E-state index contributed by atoms with van der Waals surface area (Å²) >= 11 is 0. The van der Waals surface area contributed by atoms with Gasteiger partial charge in [-0.2, -0.15) is 0 Å². The Kier molecular flexibility index (Phi) is 3.66. The standard InChI is InChI=1S/C14H14N2O3/c1-9-8-10(19-2)5-6-12(9)16-13-11(14(17)18)4-3-7-15-13/h3-8H,1-2H3,(H,15,16)(H,17,18). The maximum atomic E-state index is 11.1. The molecule has 2 N–H and O–H groups in total. The molecule has 2 aromatic rings. The molecule has 0 aliphatic carbocycles. The molecule has 2 rings (SSSR count). The predicted molar refractivity (Wildman–Crippen MR) is 72.2 cm³/mol. The van der Waals surface area contributed by atoms with E-state index in [4.69, 9.17) is 9.84 Å². The third-order valence-corrected chi connectivity index (χ3v) is 2.72. The zero-order valence-electron chi connectivity index (χ0n) is 10.7. The van der Waals surface area contributed by atoms with Gasteiger partial charge in [-0.3, -0.25) is 0 Å². The number of methoxy groups -OCH3 is 1. The lowest BCUT2D eigenvalue weighted by molar-refractivity contribution is 0.0697. The summed E-state index contributed by atoms with van der Waals surface area (Å²) < 4.78 is 5.12. The molecule has 1 aromatic heterocycles. The van der Waals surface area contributed by atoms with Crippen molar-refractivity contribution in [1.29, 1.82) is 0 Å². The van der Waals surface area contributed by atoms with Gasteiger partial charge in [0.2, 0.25) is 0 Å². The van der Waals surface area contributed by atoms with Gasteiger partial charge >= 0.3 is 5.97 Å². The monoisotopic (exact) mass is 258 g/mol. The zero-order chi connectivity index (χ0) is 13.8. The van der Waals surface area contributed by atoms with Gasteiger partial charge in [0.25, 0.3) is 0 Å². The summed E-state index contributed by atoms with van der Waals surface area (Å²) in [5.41, 5.74) is 1.88. The molecule has 5 nitrogen and oxygen atoms in total. The van der Waals surface area contributed by atoms with Crippen LogP contribution >= 0.6 is 0 Å². The third-order valence-electron chi connectivity index (χ3n) is 2.72. The lowest BCUT2D eigenvalue weighted by Crippen LogP contribution is -2.05. The highest BCUT2D eigenvalue weighted by atomic mass is 16.5. The van der Waals surface area contributed by atoms with Crippen LogP contribution in [0.25, 0.3) is 0 Å². The Morgan fingerprint density at radius 3 is 2.79 bits per heavy atom. The van der Waals surface area contributed by atoms with Crippen molar-refractivity contribution in [1.82, 2.24) is 4.98 Å². The number of hydrogen-bond acceptors (Lipinski definition) is 4. The maximum Gasteiger partial charge on any atom is 0.339 e. The highest BCUT2D eigenvalue weighted by Crippen LogP contribution is 2.25. The van der Waals surface area contributed by atoms with Gasteiger partial charge in [0.15, 0.2) is 0 Å². The van der Waals surface area contributed by atoms with Crippen molar-refractivity contribution >= 4 is 17.5 Å². The van der Waals surface area contributed by atoms with E-state index in [0.717, 1.165) is 17.0 Å². The molecule has 0 saturated carbocycles. The van der Waals surface area contributed by atoms with E-state index in [1.807, 2.05) is 19.1 Å². The number of pyridine rings is 1. The van der Waals surface area contributed by atoms with Crippen LogP contribution in [0.3, 0.4) is 0 Å². The molecule has 19 heavy (non-hydrogen) atoms. The number of nitrogens with zero attached hydrogens (tertiary/aromatic N) is 1. The van der Waals surface area contributed by atoms with Crippen molar-refractivity contribution in [2.75, 3.05) is 12.4 Å². The fourth-order valence-corrected chi connectivity index (χ4v) is 1.71.